The van der Waals surface area contributed by atoms with Gasteiger partial charge in [0.05, 0.1) is 0 Å². The summed E-state index contributed by atoms with van der Waals surface area (Å²) < 4.78 is 0. The van der Waals surface area contributed by atoms with Crippen LogP contribution in [0.4, 0.5) is 5.69 Å². The second kappa shape index (κ2) is 5.89. The first kappa shape index (κ1) is 14.6. The normalized spacial score (nSPS) is 10.5. The van der Waals surface area contributed by atoms with Crippen LogP contribution in [-0.4, -0.2) is 24.7 Å². The minimum atomic E-state index is -0.725. The van der Waals surface area contributed by atoms with Crippen LogP contribution in [-0.2, 0) is 4.79 Å². The summed E-state index contributed by atoms with van der Waals surface area (Å²) in [5.41, 5.74) is 6.40. The van der Waals surface area contributed by atoms with Crippen molar-refractivity contribution in [3.63, 3.8) is 0 Å². The molecule has 0 aliphatic carbocycles. The van der Waals surface area contributed by atoms with Crippen LogP contribution in [0.5, 0.6) is 0 Å². The highest BCUT2D eigenvalue weighted by atomic mass is 16.4. The van der Waals surface area contributed by atoms with Gasteiger partial charge in [-0.05, 0) is 56.4 Å². The lowest BCUT2D eigenvalue weighted by molar-refractivity contribution is -0.137. The molecule has 0 saturated carbocycles. The Hall–Kier alpha value is -1.51. The molecule has 1 aromatic carbocycles. The van der Waals surface area contributed by atoms with Crippen LogP contribution < -0.4 is 4.90 Å². The molecule has 0 atom stereocenters. The predicted molar refractivity (Wildman–Crippen MR) is 75.5 cm³/mol. The molecule has 0 spiro atoms. The monoisotopic (exact) mass is 249 g/mol. The Morgan fingerprint density at radius 2 is 1.67 bits per heavy atom. The van der Waals surface area contributed by atoms with Crippen molar-refractivity contribution in [2.24, 2.45) is 0 Å². The number of aryl methyl sites for hydroxylation is 2. The molecule has 0 fully saturated rings. The van der Waals surface area contributed by atoms with E-state index in [0.717, 1.165) is 6.54 Å². The van der Waals surface area contributed by atoms with Crippen molar-refractivity contribution in [2.45, 2.75) is 40.5 Å². The van der Waals surface area contributed by atoms with Gasteiger partial charge in [0.1, 0.15) is 0 Å². The van der Waals surface area contributed by atoms with E-state index in [1.54, 1.807) is 0 Å². The molecule has 0 unspecified atom stereocenters. The van der Waals surface area contributed by atoms with Crippen molar-refractivity contribution in [1.29, 1.82) is 0 Å². The molecule has 1 N–H and O–H groups in total. The molecule has 0 saturated heterocycles. The van der Waals surface area contributed by atoms with Gasteiger partial charge in [0.2, 0.25) is 0 Å². The summed E-state index contributed by atoms with van der Waals surface area (Å²) in [6.07, 6.45) is 0.908. The molecule has 0 radical (unpaired) electrons. The number of benzene rings is 1. The van der Waals surface area contributed by atoms with Crippen LogP contribution in [0.3, 0.4) is 0 Å². The number of hydrogen-bond acceptors (Lipinski definition) is 2. The van der Waals surface area contributed by atoms with E-state index in [1.807, 2.05) is 7.05 Å². The molecular weight excluding hydrogens is 226 g/mol. The van der Waals surface area contributed by atoms with Gasteiger partial charge in [0, 0.05) is 25.7 Å². The van der Waals surface area contributed by atoms with Crippen LogP contribution in [0.2, 0.25) is 0 Å². The van der Waals surface area contributed by atoms with Gasteiger partial charge in [-0.3, -0.25) is 4.79 Å². The Labute approximate surface area is 109 Å². The molecule has 3 nitrogen and oxygen atoms in total. The maximum absolute atomic E-state index is 10.5. The maximum atomic E-state index is 10.5. The molecule has 0 aliphatic heterocycles. The SMILES string of the molecule is Cc1cc(C)c(C)c(N(C)CCCC(=O)O)c1C. The lowest BCUT2D eigenvalue weighted by Gasteiger charge is -2.25. The van der Waals surface area contributed by atoms with Crippen LogP contribution >= 0.6 is 0 Å². The van der Waals surface area contributed by atoms with E-state index in [-0.39, 0.29) is 6.42 Å². The fraction of sp³-hybridized carbons (Fsp3) is 0.533. The van der Waals surface area contributed by atoms with Crippen molar-refractivity contribution >= 4 is 11.7 Å². The number of carbonyl (C=O) groups is 1. The third-order valence-electron chi connectivity index (χ3n) is 3.59. The fourth-order valence-corrected chi connectivity index (χ4v) is 2.35. The summed E-state index contributed by atoms with van der Waals surface area (Å²) in [6, 6.07) is 2.21. The molecular formula is C15H23NO2. The Morgan fingerprint density at radius 3 is 2.11 bits per heavy atom. The molecule has 3 heteroatoms. The third-order valence-corrected chi connectivity index (χ3v) is 3.59. The highest BCUT2D eigenvalue weighted by molar-refractivity contribution is 5.67. The summed E-state index contributed by atoms with van der Waals surface area (Å²) in [7, 11) is 2.04. The van der Waals surface area contributed by atoms with E-state index in [4.69, 9.17) is 5.11 Å². The zero-order valence-corrected chi connectivity index (χ0v) is 12.0. The van der Waals surface area contributed by atoms with Crippen molar-refractivity contribution in [3.05, 3.63) is 28.3 Å². The van der Waals surface area contributed by atoms with Gasteiger partial charge in [0.25, 0.3) is 0 Å². The number of anilines is 1. The Kier molecular flexibility index (Phi) is 4.76. The first-order valence-electron chi connectivity index (χ1n) is 6.35. The first-order valence-corrected chi connectivity index (χ1v) is 6.35. The third kappa shape index (κ3) is 3.25. The van der Waals surface area contributed by atoms with Crippen LogP contribution in [0.1, 0.15) is 35.1 Å². The van der Waals surface area contributed by atoms with Crippen molar-refractivity contribution in [3.8, 4) is 0 Å². The largest absolute Gasteiger partial charge is 0.481 e. The number of hydrogen-bond donors (Lipinski definition) is 1. The average molecular weight is 249 g/mol. The van der Waals surface area contributed by atoms with Crippen molar-refractivity contribution in [1.82, 2.24) is 0 Å². The zero-order valence-electron chi connectivity index (χ0n) is 12.0. The Bertz CT molecular complexity index is 426. The van der Waals surface area contributed by atoms with Crippen LogP contribution in [0, 0.1) is 27.7 Å². The topological polar surface area (TPSA) is 40.5 Å². The maximum Gasteiger partial charge on any atom is 0.303 e. The molecule has 18 heavy (non-hydrogen) atoms. The van der Waals surface area contributed by atoms with Gasteiger partial charge in [0.15, 0.2) is 0 Å². The number of rotatable bonds is 5. The quantitative estimate of drug-likeness (QED) is 0.871. The van der Waals surface area contributed by atoms with Gasteiger partial charge >= 0.3 is 5.97 Å². The summed E-state index contributed by atoms with van der Waals surface area (Å²) in [5, 5.41) is 8.68. The van der Waals surface area contributed by atoms with Crippen molar-refractivity contribution < 1.29 is 9.90 Å². The number of carboxylic acids is 1. The number of carboxylic acid groups (broad SMARTS) is 1. The lowest BCUT2D eigenvalue weighted by Crippen LogP contribution is -2.22. The summed E-state index contributed by atoms with van der Waals surface area (Å²) in [5.74, 6) is -0.725. The minimum absolute atomic E-state index is 0.229. The second-order valence-corrected chi connectivity index (χ2v) is 5.03. The molecule has 0 heterocycles. The van der Waals surface area contributed by atoms with Gasteiger partial charge in [-0.15, -0.1) is 0 Å². The van der Waals surface area contributed by atoms with E-state index in [2.05, 4.69) is 38.7 Å². The highest BCUT2D eigenvalue weighted by Crippen LogP contribution is 2.29. The summed E-state index contributed by atoms with van der Waals surface area (Å²) in [4.78, 5) is 12.7. The molecule has 1 aromatic rings. The molecule has 0 amide bonds. The average Bonchev–Trinajstić information content (AvgIpc) is 2.26. The molecule has 100 valence electrons. The molecule has 0 aromatic heterocycles. The van der Waals surface area contributed by atoms with Crippen molar-refractivity contribution in [2.75, 3.05) is 18.5 Å². The highest BCUT2D eigenvalue weighted by Gasteiger charge is 2.12. The van der Waals surface area contributed by atoms with E-state index >= 15 is 0 Å². The first-order chi connectivity index (χ1) is 8.34. The summed E-state index contributed by atoms with van der Waals surface area (Å²) in [6.45, 7) is 9.28. The fourth-order valence-electron chi connectivity index (χ4n) is 2.35. The zero-order chi connectivity index (χ0) is 13.9. The Morgan fingerprint density at radius 1 is 1.17 bits per heavy atom. The van der Waals surface area contributed by atoms with Crippen LogP contribution in [0.25, 0.3) is 0 Å². The number of nitrogens with zero attached hydrogens (tertiary/aromatic N) is 1. The summed E-state index contributed by atoms with van der Waals surface area (Å²) >= 11 is 0. The van der Waals surface area contributed by atoms with Gasteiger partial charge < -0.3 is 10.0 Å². The lowest BCUT2D eigenvalue weighted by atomic mass is 9.98. The predicted octanol–water partition coefficient (Wildman–Crippen LogP) is 3.22. The second-order valence-electron chi connectivity index (χ2n) is 5.03. The molecule has 0 aliphatic rings. The minimum Gasteiger partial charge on any atom is -0.481 e. The standard InChI is InChI=1S/C15H23NO2/c1-10-9-11(2)13(4)15(12(10)3)16(5)8-6-7-14(17)18/h9H,6-8H2,1-5H3,(H,17,18). The number of aliphatic carboxylic acids is 1. The van der Waals surface area contributed by atoms with Gasteiger partial charge in [-0.1, -0.05) is 6.07 Å². The van der Waals surface area contributed by atoms with E-state index in [1.165, 1.54) is 27.9 Å². The van der Waals surface area contributed by atoms with E-state index in [0.29, 0.717) is 6.42 Å². The Balaban J connectivity index is 2.91. The van der Waals surface area contributed by atoms with Crippen LogP contribution in [0.15, 0.2) is 6.07 Å². The molecule has 1 rings (SSSR count). The van der Waals surface area contributed by atoms with E-state index in [9.17, 15) is 4.79 Å². The van der Waals surface area contributed by atoms with Gasteiger partial charge in [-0.2, -0.15) is 0 Å². The molecule has 0 bridgehead atoms. The van der Waals surface area contributed by atoms with E-state index < -0.39 is 5.97 Å². The smallest absolute Gasteiger partial charge is 0.303 e. The van der Waals surface area contributed by atoms with Gasteiger partial charge in [-0.25, -0.2) is 0 Å².